The van der Waals surface area contributed by atoms with E-state index in [0.717, 1.165) is 42.1 Å². The summed E-state index contributed by atoms with van der Waals surface area (Å²) in [5, 5.41) is 8.26. The van der Waals surface area contributed by atoms with Crippen LogP contribution in [0.5, 0.6) is 0 Å². The number of nitrogens with one attached hydrogen (secondary N) is 1. The highest BCUT2D eigenvalue weighted by atomic mass is 16.2. The third kappa shape index (κ3) is 2.77. The van der Waals surface area contributed by atoms with E-state index in [4.69, 9.17) is 0 Å². The van der Waals surface area contributed by atoms with E-state index >= 15 is 0 Å². The number of aromatic amines is 1. The summed E-state index contributed by atoms with van der Waals surface area (Å²) in [5.74, 6) is 1.47. The number of imidazole rings is 1. The molecule has 1 aliphatic heterocycles. The molecule has 0 bridgehead atoms. The highest BCUT2D eigenvalue weighted by Crippen LogP contribution is 2.25. The van der Waals surface area contributed by atoms with Crippen LogP contribution in [0.2, 0.25) is 0 Å². The Balaban J connectivity index is 1.37. The molecular weight excluding hydrogens is 304 g/mol. The predicted molar refractivity (Wildman–Crippen MR) is 89.4 cm³/mol. The number of carbonyl (C=O) groups is 1. The zero-order chi connectivity index (χ0) is 16.5. The van der Waals surface area contributed by atoms with Crippen LogP contribution >= 0.6 is 0 Å². The van der Waals surface area contributed by atoms with Crippen LogP contribution < -0.4 is 0 Å². The molecule has 4 rings (SSSR count). The number of rotatable bonds is 4. The van der Waals surface area contributed by atoms with Crippen molar-refractivity contribution in [3.05, 3.63) is 42.0 Å². The number of H-pyrrole nitrogens is 1. The van der Waals surface area contributed by atoms with Crippen LogP contribution in [-0.2, 0) is 11.3 Å². The molecule has 1 aromatic carbocycles. The van der Waals surface area contributed by atoms with Crippen molar-refractivity contribution in [2.45, 2.75) is 32.2 Å². The maximum Gasteiger partial charge on any atom is 0.224 e. The zero-order valence-corrected chi connectivity index (χ0v) is 13.6. The summed E-state index contributed by atoms with van der Waals surface area (Å²) in [6.45, 7) is 4.09. The minimum atomic E-state index is 0.167. The standard InChI is InChI=1S/C17H20N6O/c1-12-10-18-17(19-12)13-6-8-22(11-13)16(24)7-9-23-15-5-3-2-4-14(15)20-21-23/h2-5,10,13H,6-9,11H2,1H3,(H,18,19)/t13-/m0/s1. The Morgan fingerprint density at radius 2 is 2.25 bits per heavy atom. The van der Waals surface area contributed by atoms with Gasteiger partial charge < -0.3 is 9.88 Å². The van der Waals surface area contributed by atoms with Gasteiger partial charge in [-0.15, -0.1) is 5.10 Å². The van der Waals surface area contributed by atoms with E-state index in [9.17, 15) is 4.79 Å². The third-order valence-electron chi connectivity index (χ3n) is 4.61. The Bertz CT molecular complexity index is 867. The van der Waals surface area contributed by atoms with E-state index in [1.807, 2.05) is 42.3 Å². The molecule has 1 amide bonds. The maximum absolute atomic E-state index is 12.5. The third-order valence-corrected chi connectivity index (χ3v) is 4.61. The second-order valence-electron chi connectivity index (χ2n) is 6.33. The molecule has 124 valence electrons. The summed E-state index contributed by atoms with van der Waals surface area (Å²) >= 11 is 0. The first-order valence-corrected chi connectivity index (χ1v) is 8.28. The number of benzene rings is 1. The SMILES string of the molecule is Cc1cnc([C@H]2CCN(C(=O)CCn3nnc4ccccc43)C2)[nH]1. The molecule has 7 heteroatoms. The molecule has 0 radical (unpaired) electrons. The first-order valence-electron chi connectivity index (χ1n) is 8.28. The average Bonchev–Trinajstić information content (AvgIpc) is 3.31. The van der Waals surface area contributed by atoms with E-state index in [-0.39, 0.29) is 5.91 Å². The van der Waals surface area contributed by atoms with Crippen LogP contribution in [0.15, 0.2) is 30.5 Å². The summed E-state index contributed by atoms with van der Waals surface area (Å²) in [5.41, 5.74) is 2.89. The second-order valence-corrected chi connectivity index (χ2v) is 6.33. The van der Waals surface area contributed by atoms with Gasteiger partial charge in [0.25, 0.3) is 0 Å². The molecule has 1 N–H and O–H groups in total. The molecule has 1 saturated heterocycles. The fraction of sp³-hybridized carbons (Fsp3) is 0.412. The monoisotopic (exact) mass is 324 g/mol. The highest BCUT2D eigenvalue weighted by Gasteiger charge is 2.28. The first-order chi connectivity index (χ1) is 11.7. The number of para-hydroxylation sites is 1. The Morgan fingerprint density at radius 3 is 3.08 bits per heavy atom. The van der Waals surface area contributed by atoms with Crippen LogP contribution in [0.1, 0.15) is 30.3 Å². The molecular formula is C17H20N6O. The largest absolute Gasteiger partial charge is 0.346 e. The predicted octanol–water partition coefficient (Wildman–Crippen LogP) is 1.87. The summed E-state index contributed by atoms with van der Waals surface area (Å²) in [4.78, 5) is 22.1. The van der Waals surface area contributed by atoms with Gasteiger partial charge >= 0.3 is 0 Å². The van der Waals surface area contributed by atoms with Crippen molar-refractivity contribution >= 4 is 16.9 Å². The maximum atomic E-state index is 12.5. The smallest absolute Gasteiger partial charge is 0.224 e. The van der Waals surface area contributed by atoms with Gasteiger partial charge in [-0.1, -0.05) is 17.3 Å². The minimum absolute atomic E-state index is 0.167. The van der Waals surface area contributed by atoms with E-state index in [2.05, 4.69) is 20.3 Å². The highest BCUT2D eigenvalue weighted by molar-refractivity contribution is 5.77. The van der Waals surface area contributed by atoms with Gasteiger partial charge in [-0.3, -0.25) is 4.79 Å². The Hall–Kier alpha value is -2.70. The molecule has 1 atom stereocenters. The summed E-state index contributed by atoms with van der Waals surface area (Å²) < 4.78 is 1.80. The molecule has 3 heterocycles. The lowest BCUT2D eigenvalue weighted by Gasteiger charge is -2.16. The summed E-state index contributed by atoms with van der Waals surface area (Å²) in [7, 11) is 0. The van der Waals surface area contributed by atoms with Crippen molar-refractivity contribution in [2.75, 3.05) is 13.1 Å². The number of amides is 1. The molecule has 1 aliphatic rings. The topological polar surface area (TPSA) is 79.7 Å². The minimum Gasteiger partial charge on any atom is -0.346 e. The molecule has 0 aliphatic carbocycles. The van der Waals surface area contributed by atoms with Crippen molar-refractivity contribution in [3.63, 3.8) is 0 Å². The number of hydrogen-bond donors (Lipinski definition) is 1. The normalized spacial score (nSPS) is 17.7. The van der Waals surface area contributed by atoms with Gasteiger partial charge in [0, 0.05) is 37.3 Å². The number of fused-ring (bicyclic) bond motifs is 1. The van der Waals surface area contributed by atoms with Crippen molar-refractivity contribution in [3.8, 4) is 0 Å². The van der Waals surface area contributed by atoms with Crippen LogP contribution in [0.25, 0.3) is 11.0 Å². The van der Waals surface area contributed by atoms with E-state index in [1.54, 1.807) is 4.68 Å². The quantitative estimate of drug-likeness (QED) is 0.794. The van der Waals surface area contributed by atoms with Crippen LogP contribution in [0.4, 0.5) is 0 Å². The number of likely N-dealkylation sites (tertiary alicyclic amines) is 1. The second kappa shape index (κ2) is 6.07. The lowest BCUT2D eigenvalue weighted by atomic mass is 10.1. The molecule has 7 nitrogen and oxygen atoms in total. The van der Waals surface area contributed by atoms with Crippen molar-refractivity contribution in [2.24, 2.45) is 0 Å². The lowest BCUT2D eigenvalue weighted by Crippen LogP contribution is -2.29. The summed E-state index contributed by atoms with van der Waals surface area (Å²) in [6.07, 6.45) is 3.25. The van der Waals surface area contributed by atoms with Gasteiger partial charge in [0.05, 0.1) is 12.1 Å². The van der Waals surface area contributed by atoms with Gasteiger partial charge in [-0.2, -0.15) is 0 Å². The van der Waals surface area contributed by atoms with E-state index in [1.165, 1.54) is 0 Å². The average molecular weight is 324 g/mol. The van der Waals surface area contributed by atoms with Gasteiger partial charge in [0.1, 0.15) is 11.3 Å². The Kier molecular flexibility index (Phi) is 3.76. The van der Waals surface area contributed by atoms with Gasteiger partial charge in [-0.25, -0.2) is 9.67 Å². The molecule has 0 spiro atoms. The van der Waals surface area contributed by atoms with Crippen molar-refractivity contribution < 1.29 is 4.79 Å². The Labute approximate surface area is 139 Å². The van der Waals surface area contributed by atoms with Crippen molar-refractivity contribution in [1.29, 1.82) is 0 Å². The molecule has 24 heavy (non-hydrogen) atoms. The molecule has 2 aromatic heterocycles. The number of carbonyl (C=O) groups excluding carboxylic acids is 1. The van der Waals surface area contributed by atoms with Gasteiger partial charge in [0.15, 0.2) is 0 Å². The van der Waals surface area contributed by atoms with Gasteiger partial charge in [-0.05, 0) is 25.5 Å². The summed E-state index contributed by atoms with van der Waals surface area (Å²) in [6, 6.07) is 7.80. The fourth-order valence-electron chi connectivity index (χ4n) is 3.29. The van der Waals surface area contributed by atoms with Crippen molar-refractivity contribution in [1.82, 2.24) is 29.9 Å². The molecule has 0 saturated carbocycles. The van der Waals surface area contributed by atoms with E-state index in [0.29, 0.717) is 18.9 Å². The number of aromatic nitrogens is 5. The Morgan fingerprint density at radius 1 is 1.38 bits per heavy atom. The molecule has 0 unspecified atom stereocenters. The fourth-order valence-corrected chi connectivity index (χ4v) is 3.29. The first kappa shape index (κ1) is 14.9. The van der Waals surface area contributed by atoms with Gasteiger partial charge in [0.2, 0.25) is 5.91 Å². The number of aryl methyl sites for hydroxylation is 2. The van der Waals surface area contributed by atoms with Crippen LogP contribution in [0, 0.1) is 6.92 Å². The zero-order valence-electron chi connectivity index (χ0n) is 13.6. The number of hydrogen-bond acceptors (Lipinski definition) is 4. The van der Waals surface area contributed by atoms with E-state index < -0.39 is 0 Å². The number of nitrogens with zero attached hydrogens (tertiary/aromatic N) is 5. The van der Waals surface area contributed by atoms with Crippen LogP contribution in [-0.4, -0.2) is 48.9 Å². The molecule has 1 fully saturated rings. The molecule has 3 aromatic rings. The van der Waals surface area contributed by atoms with Crippen LogP contribution in [0.3, 0.4) is 0 Å². The lowest BCUT2D eigenvalue weighted by molar-refractivity contribution is -0.130.